The van der Waals surface area contributed by atoms with Crippen LogP contribution < -0.4 is 5.73 Å². The van der Waals surface area contributed by atoms with Gasteiger partial charge in [0.15, 0.2) is 0 Å². The van der Waals surface area contributed by atoms with E-state index < -0.39 is 0 Å². The lowest BCUT2D eigenvalue weighted by Crippen LogP contribution is -2.44. The Hall–Kier alpha value is -1.10. The first-order valence-electron chi connectivity index (χ1n) is 7.22. The van der Waals surface area contributed by atoms with Crippen LogP contribution in [0.3, 0.4) is 0 Å². The molecule has 1 aliphatic heterocycles. The van der Waals surface area contributed by atoms with Gasteiger partial charge in [-0.3, -0.25) is 0 Å². The van der Waals surface area contributed by atoms with Crippen molar-refractivity contribution >= 4 is 22.6 Å². The highest BCUT2D eigenvalue weighted by Crippen LogP contribution is 2.42. The second kappa shape index (κ2) is 4.45. The molecule has 1 saturated carbocycles. The lowest BCUT2D eigenvalue weighted by atomic mass is 9.90. The molecule has 106 valence electrons. The molecule has 2 heterocycles. The third-order valence-corrected chi connectivity index (χ3v) is 4.63. The number of fused-ring (bicyclic) bond motifs is 1. The van der Waals surface area contributed by atoms with Gasteiger partial charge >= 0.3 is 0 Å². The normalized spacial score (nSPS) is 22.3. The third kappa shape index (κ3) is 1.94. The van der Waals surface area contributed by atoms with Gasteiger partial charge in [-0.25, -0.2) is 4.98 Å². The largest absolute Gasteiger partial charge is 0.381 e. The van der Waals surface area contributed by atoms with Crippen LogP contribution in [0.4, 0.5) is 0 Å². The molecular formula is C15H18ClN3O. The summed E-state index contributed by atoms with van der Waals surface area (Å²) in [5.41, 5.74) is 8.39. The summed E-state index contributed by atoms with van der Waals surface area (Å²) in [4.78, 5) is 4.83. The average Bonchev–Trinajstić information content (AvgIpc) is 3.20. The summed E-state index contributed by atoms with van der Waals surface area (Å²) in [5.74, 6) is 1.01. The first kappa shape index (κ1) is 12.6. The summed E-state index contributed by atoms with van der Waals surface area (Å²) in [6.45, 7) is 1.43. The highest BCUT2D eigenvalue weighted by Gasteiger charge is 2.39. The standard InChI is InChI=1S/C15H18ClN3O/c16-10-1-4-13-12(9-10)18-14(19(13)11-2-3-11)15(17)5-7-20-8-6-15/h1,4,9,11H,2-3,5-8,17H2. The number of nitrogens with two attached hydrogens (primary N) is 1. The molecule has 0 atom stereocenters. The molecule has 1 aliphatic carbocycles. The van der Waals surface area contributed by atoms with Crippen LogP contribution >= 0.6 is 11.6 Å². The maximum Gasteiger partial charge on any atom is 0.130 e. The molecular weight excluding hydrogens is 274 g/mol. The van der Waals surface area contributed by atoms with Crippen molar-refractivity contribution in [2.24, 2.45) is 5.73 Å². The molecule has 5 heteroatoms. The molecule has 0 bridgehead atoms. The number of nitrogens with zero attached hydrogens (tertiary/aromatic N) is 2. The molecule has 2 N–H and O–H groups in total. The van der Waals surface area contributed by atoms with Gasteiger partial charge < -0.3 is 15.0 Å². The highest BCUT2D eigenvalue weighted by atomic mass is 35.5. The van der Waals surface area contributed by atoms with E-state index in [9.17, 15) is 0 Å². The Balaban J connectivity index is 1.91. The van der Waals surface area contributed by atoms with Gasteiger partial charge in [0.25, 0.3) is 0 Å². The molecule has 0 unspecified atom stereocenters. The van der Waals surface area contributed by atoms with Crippen molar-refractivity contribution in [2.45, 2.75) is 37.3 Å². The van der Waals surface area contributed by atoms with Gasteiger partial charge in [0.2, 0.25) is 0 Å². The van der Waals surface area contributed by atoms with E-state index in [1.54, 1.807) is 0 Å². The molecule has 1 aromatic heterocycles. The summed E-state index contributed by atoms with van der Waals surface area (Å²) >= 11 is 6.10. The first-order chi connectivity index (χ1) is 9.67. The smallest absolute Gasteiger partial charge is 0.130 e. The van der Waals surface area contributed by atoms with Crippen LogP contribution in [0, 0.1) is 0 Å². The van der Waals surface area contributed by atoms with E-state index >= 15 is 0 Å². The third-order valence-electron chi connectivity index (χ3n) is 4.39. The molecule has 0 amide bonds. The van der Waals surface area contributed by atoms with Crippen LogP contribution in [0.1, 0.15) is 37.5 Å². The zero-order chi connectivity index (χ0) is 13.7. The first-order valence-corrected chi connectivity index (χ1v) is 7.60. The van der Waals surface area contributed by atoms with E-state index in [1.165, 1.54) is 12.8 Å². The van der Waals surface area contributed by atoms with Crippen LogP contribution in [0.2, 0.25) is 5.02 Å². The zero-order valence-corrected chi connectivity index (χ0v) is 12.1. The van der Waals surface area contributed by atoms with Crippen LogP contribution in [0.15, 0.2) is 18.2 Å². The second-order valence-corrected chi connectivity index (χ2v) is 6.37. The van der Waals surface area contributed by atoms with E-state index in [0.717, 1.165) is 34.7 Å². The predicted molar refractivity (Wildman–Crippen MR) is 78.9 cm³/mol. The molecule has 4 rings (SSSR count). The van der Waals surface area contributed by atoms with Crippen molar-refractivity contribution in [1.29, 1.82) is 0 Å². The minimum absolute atomic E-state index is 0.369. The van der Waals surface area contributed by atoms with Crippen molar-refractivity contribution < 1.29 is 4.74 Å². The van der Waals surface area contributed by atoms with Gasteiger partial charge in [-0.1, -0.05) is 11.6 Å². The van der Waals surface area contributed by atoms with E-state index in [-0.39, 0.29) is 5.54 Å². The molecule has 0 radical (unpaired) electrons. The lowest BCUT2D eigenvalue weighted by Gasteiger charge is -2.33. The number of aromatic nitrogens is 2. The number of imidazole rings is 1. The van der Waals surface area contributed by atoms with E-state index in [1.807, 2.05) is 12.1 Å². The van der Waals surface area contributed by atoms with Crippen molar-refractivity contribution in [2.75, 3.05) is 13.2 Å². The SMILES string of the molecule is NC1(c2nc3cc(Cl)ccc3n2C2CC2)CCOCC1. The number of rotatable bonds is 2. The Morgan fingerprint density at radius 3 is 2.75 bits per heavy atom. The average molecular weight is 292 g/mol. The number of halogens is 1. The van der Waals surface area contributed by atoms with Crippen molar-refractivity contribution in [3.63, 3.8) is 0 Å². The minimum atomic E-state index is -0.369. The number of hydrogen-bond acceptors (Lipinski definition) is 3. The quantitative estimate of drug-likeness (QED) is 0.925. The van der Waals surface area contributed by atoms with Gasteiger partial charge in [-0.15, -0.1) is 0 Å². The van der Waals surface area contributed by atoms with Crippen LogP contribution in [0.25, 0.3) is 11.0 Å². The zero-order valence-electron chi connectivity index (χ0n) is 11.3. The van der Waals surface area contributed by atoms with Gasteiger partial charge in [0.1, 0.15) is 5.82 Å². The molecule has 0 spiro atoms. The minimum Gasteiger partial charge on any atom is -0.381 e. The topological polar surface area (TPSA) is 53.1 Å². The van der Waals surface area contributed by atoms with Gasteiger partial charge in [0, 0.05) is 24.3 Å². The molecule has 2 aliphatic rings. The number of ether oxygens (including phenoxy) is 1. The lowest BCUT2D eigenvalue weighted by molar-refractivity contribution is 0.0480. The fourth-order valence-electron chi connectivity index (χ4n) is 3.08. The molecule has 2 fully saturated rings. The van der Waals surface area contributed by atoms with Crippen molar-refractivity contribution in [3.8, 4) is 0 Å². The number of hydrogen-bond donors (Lipinski definition) is 1. The molecule has 4 nitrogen and oxygen atoms in total. The Morgan fingerprint density at radius 1 is 1.30 bits per heavy atom. The predicted octanol–water partition coefficient (Wildman–Crippen LogP) is 2.99. The Morgan fingerprint density at radius 2 is 2.05 bits per heavy atom. The van der Waals surface area contributed by atoms with Gasteiger partial charge in [-0.2, -0.15) is 0 Å². The molecule has 20 heavy (non-hydrogen) atoms. The van der Waals surface area contributed by atoms with Crippen molar-refractivity contribution in [1.82, 2.24) is 9.55 Å². The summed E-state index contributed by atoms with van der Waals surface area (Å²) in [5, 5.41) is 0.725. The van der Waals surface area contributed by atoms with E-state index in [2.05, 4.69) is 10.6 Å². The summed E-state index contributed by atoms with van der Waals surface area (Å²) < 4.78 is 7.80. The fourth-order valence-corrected chi connectivity index (χ4v) is 3.25. The molecule has 1 saturated heterocycles. The highest BCUT2D eigenvalue weighted by molar-refractivity contribution is 6.31. The van der Waals surface area contributed by atoms with Gasteiger partial charge in [-0.05, 0) is 43.9 Å². The summed E-state index contributed by atoms with van der Waals surface area (Å²) in [6.07, 6.45) is 4.09. The second-order valence-electron chi connectivity index (χ2n) is 5.94. The monoisotopic (exact) mass is 291 g/mol. The Labute approximate surface area is 122 Å². The van der Waals surface area contributed by atoms with E-state index in [4.69, 9.17) is 27.1 Å². The maximum atomic E-state index is 6.65. The molecule has 2 aromatic rings. The Bertz CT molecular complexity index is 656. The van der Waals surface area contributed by atoms with Crippen LogP contribution in [-0.2, 0) is 10.3 Å². The van der Waals surface area contributed by atoms with Crippen LogP contribution in [0.5, 0.6) is 0 Å². The summed E-state index contributed by atoms with van der Waals surface area (Å²) in [7, 11) is 0. The van der Waals surface area contributed by atoms with E-state index in [0.29, 0.717) is 19.3 Å². The fraction of sp³-hybridized carbons (Fsp3) is 0.533. The molecule has 1 aromatic carbocycles. The van der Waals surface area contributed by atoms with Gasteiger partial charge in [0.05, 0.1) is 16.6 Å². The van der Waals surface area contributed by atoms with Crippen molar-refractivity contribution in [3.05, 3.63) is 29.0 Å². The summed E-state index contributed by atoms with van der Waals surface area (Å²) in [6, 6.07) is 6.48. The van der Waals surface area contributed by atoms with Crippen LogP contribution in [-0.4, -0.2) is 22.8 Å². The number of benzene rings is 1. The maximum absolute atomic E-state index is 6.65. The Kier molecular flexibility index (Phi) is 2.81.